The number of sulfonamides is 1. The van der Waals surface area contributed by atoms with E-state index in [-0.39, 0.29) is 10.8 Å². The molecule has 19 heavy (non-hydrogen) atoms. The van der Waals surface area contributed by atoms with Crippen molar-refractivity contribution in [3.05, 3.63) is 29.3 Å². The van der Waals surface area contributed by atoms with E-state index < -0.39 is 10.0 Å². The summed E-state index contributed by atoms with van der Waals surface area (Å²) < 4.78 is 23.3. The van der Waals surface area contributed by atoms with Crippen molar-refractivity contribution in [3.63, 3.8) is 0 Å². The Labute approximate surface area is 112 Å². The second kappa shape index (κ2) is 5.28. The number of benzene rings is 1. The molecule has 0 bridgehead atoms. The van der Waals surface area contributed by atoms with Gasteiger partial charge in [0.05, 0.1) is 4.90 Å². The minimum absolute atomic E-state index is 0.0833. The first-order chi connectivity index (χ1) is 8.95. The number of rotatable bonds is 3. The molecule has 1 saturated heterocycles. The van der Waals surface area contributed by atoms with E-state index in [0.29, 0.717) is 24.2 Å². The molecule has 104 valence electrons. The molecule has 7 heteroatoms. The number of amides is 1. The van der Waals surface area contributed by atoms with Crippen molar-refractivity contribution in [2.75, 3.05) is 13.1 Å². The lowest BCUT2D eigenvalue weighted by molar-refractivity contribution is 0.0792. The number of carbonyl (C=O) groups is 1. The molecule has 2 N–H and O–H groups in total. The van der Waals surface area contributed by atoms with Crippen LogP contribution in [0.25, 0.3) is 0 Å². The van der Waals surface area contributed by atoms with Gasteiger partial charge in [-0.2, -0.15) is 0 Å². The Kier molecular flexibility index (Phi) is 3.88. The molecule has 1 aliphatic heterocycles. The van der Waals surface area contributed by atoms with Gasteiger partial charge in [-0.15, -0.1) is 0 Å². The summed E-state index contributed by atoms with van der Waals surface area (Å²) in [5.74, 6) is -0.174. The molecule has 2 rings (SSSR count). The highest BCUT2D eigenvalue weighted by molar-refractivity contribution is 7.89. The molecule has 1 amide bonds. The molecule has 0 aliphatic carbocycles. The molecule has 0 unspecified atom stereocenters. The Bertz CT molecular complexity index is 592. The molecule has 1 aliphatic rings. The number of aryl methyl sites for hydroxylation is 1. The summed E-state index contributed by atoms with van der Waals surface area (Å²) in [6, 6.07) is 4.47. The van der Waals surface area contributed by atoms with E-state index in [1.54, 1.807) is 24.0 Å². The molecule has 6 nitrogen and oxygen atoms in total. The van der Waals surface area contributed by atoms with Gasteiger partial charge in [-0.05, 0) is 37.5 Å². The van der Waals surface area contributed by atoms with Gasteiger partial charge in [0, 0.05) is 18.7 Å². The molecule has 0 aromatic heterocycles. The molecule has 0 radical (unpaired) electrons. The maximum atomic E-state index is 12.2. The number of nitrogens with zero attached hydrogens (tertiary/aromatic N) is 1. The zero-order valence-electron chi connectivity index (χ0n) is 10.6. The molecule has 0 atom stereocenters. The molecular formula is C12H16N2O4S. The second-order valence-electron chi connectivity index (χ2n) is 4.57. The molecule has 1 heterocycles. The van der Waals surface area contributed by atoms with Crippen molar-refractivity contribution in [2.45, 2.75) is 24.7 Å². The van der Waals surface area contributed by atoms with Crippen molar-refractivity contribution in [1.29, 1.82) is 0 Å². The largest absolute Gasteiger partial charge is 0.339 e. The molecule has 1 fully saturated rings. The van der Waals surface area contributed by atoms with Gasteiger partial charge in [-0.1, -0.05) is 11.0 Å². The van der Waals surface area contributed by atoms with Gasteiger partial charge in [0.15, 0.2) is 0 Å². The zero-order chi connectivity index (χ0) is 14.0. The third kappa shape index (κ3) is 2.78. The molecule has 0 spiro atoms. The van der Waals surface area contributed by atoms with Crippen LogP contribution in [-0.2, 0) is 10.0 Å². The van der Waals surface area contributed by atoms with Crippen molar-refractivity contribution >= 4 is 15.9 Å². The van der Waals surface area contributed by atoms with Crippen LogP contribution in [0.1, 0.15) is 28.8 Å². The molecule has 1 aromatic rings. The minimum atomic E-state index is -3.97. The van der Waals surface area contributed by atoms with E-state index in [1.165, 1.54) is 11.0 Å². The highest BCUT2D eigenvalue weighted by Gasteiger charge is 2.22. The maximum Gasteiger partial charge on any atom is 0.262 e. The quantitative estimate of drug-likeness (QED) is 0.807. The van der Waals surface area contributed by atoms with Crippen LogP contribution < -0.4 is 4.89 Å². The average Bonchev–Trinajstić information content (AvgIpc) is 2.92. The van der Waals surface area contributed by atoms with Crippen LogP contribution in [-0.4, -0.2) is 37.5 Å². The van der Waals surface area contributed by atoms with Crippen molar-refractivity contribution < 1.29 is 18.4 Å². The number of carbonyl (C=O) groups excluding carboxylic acids is 1. The van der Waals surface area contributed by atoms with Gasteiger partial charge in [0.1, 0.15) is 0 Å². The van der Waals surface area contributed by atoms with Crippen molar-refractivity contribution in [1.82, 2.24) is 9.79 Å². The van der Waals surface area contributed by atoms with Crippen LogP contribution in [0.2, 0.25) is 0 Å². The normalized spacial score (nSPS) is 15.8. The Balaban J connectivity index is 2.38. The first kappa shape index (κ1) is 14.0. The van der Waals surface area contributed by atoms with Gasteiger partial charge in [0.2, 0.25) is 0 Å². The summed E-state index contributed by atoms with van der Waals surface area (Å²) in [5, 5.41) is 8.68. The first-order valence-electron chi connectivity index (χ1n) is 6.01. The fourth-order valence-corrected chi connectivity index (χ4v) is 3.05. The molecule has 0 saturated carbocycles. The lowest BCUT2D eigenvalue weighted by Crippen LogP contribution is -2.28. The second-order valence-corrected chi connectivity index (χ2v) is 6.20. The molecule has 1 aromatic carbocycles. The Hall–Kier alpha value is -1.44. The van der Waals surface area contributed by atoms with Gasteiger partial charge in [-0.3, -0.25) is 4.79 Å². The van der Waals surface area contributed by atoms with E-state index in [2.05, 4.69) is 0 Å². The summed E-state index contributed by atoms with van der Waals surface area (Å²) in [5.41, 5.74) is 0.792. The Morgan fingerprint density at radius 1 is 1.32 bits per heavy atom. The summed E-state index contributed by atoms with van der Waals surface area (Å²) in [6.45, 7) is 3.01. The predicted molar refractivity (Wildman–Crippen MR) is 68.4 cm³/mol. The van der Waals surface area contributed by atoms with Crippen LogP contribution in [0, 0.1) is 6.92 Å². The van der Waals surface area contributed by atoms with Crippen LogP contribution >= 0.6 is 0 Å². The van der Waals surface area contributed by atoms with Crippen molar-refractivity contribution in [2.24, 2.45) is 0 Å². The standard InChI is InChI=1S/C12H16N2O4S/c1-9-4-5-10(8-11(9)19(17,18)13-16)12(15)14-6-2-3-7-14/h4-5,8,13,16H,2-3,6-7H2,1H3. The maximum absolute atomic E-state index is 12.2. The van der Waals surface area contributed by atoms with Crippen molar-refractivity contribution in [3.8, 4) is 0 Å². The third-order valence-corrected chi connectivity index (χ3v) is 4.50. The number of hydrogen-bond acceptors (Lipinski definition) is 4. The average molecular weight is 284 g/mol. The lowest BCUT2D eigenvalue weighted by Gasteiger charge is -2.16. The fourth-order valence-electron chi connectivity index (χ4n) is 2.17. The first-order valence-corrected chi connectivity index (χ1v) is 7.50. The van der Waals surface area contributed by atoms with Crippen LogP contribution in [0.4, 0.5) is 0 Å². The number of nitrogens with one attached hydrogen (secondary N) is 1. The monoisotopic (exact) mass is 284 g/mol. The topological polar surface area (TPSA) is 86.7 Å². The summed E-state index contributed by atoms with van der Waals surface area (Å²) >= 11 is 0. The third-order valence-electron chi connectivity index (χ3n) is 3.24. The van der Waals surface area contributed by atoms with Gasteiger partial charge >= 0.3 is 0 Å². The van der Waals surface area contributed by atoms with Crippen LogP contribution in [0.15, 0.2) is 23.1 Å². The summed E-state index contributed by atoms with van der Waals surface area (Å²) in [7, 11) is -3.97. The summed E-state index contributed by atoms with van der Waals surface area (Å²) in [6.07, 6.45) is 1.95. The lowest BCUT2D eigenvalue weighted by atomic mass is 10.1. The minimum Gasteiger partial charge on any atom is -0.339 e. The van der Waals surface area contributed by atoms with E-state index in [4.69, 9.17) is 5.21 Å². The highest BCUT2D eigenvalue weighted by atomic mass is 32.2. The summed E-state index contributed by atoms with van der Waals surface area (Å²) in [4.78, 5) is 15.1. The van der Waals surface area contributed by atoms with Gasteiger partial charge < -0.3 is 10.1 Å². The SMILES string of the molecule is Cc1ccc(C(=O)N2CCCC2)cc1S(=O)(=O)NO. The number of hydrogen-bond donors (Lipinski definition) is 2. The molecular weight excluding hydrogens is 268 g/mol. The van der Waals surface area contributed by atoms with E-state index in [0.717, 1.165) is 12.8 Å². The van der Waals surface area contributed by atoms with Crippen LogP contribution in [0.3, 0.4) is 0 Å². The Morgan fingerprint density at radius 2 is 1.95 bits per heavy atom. The van der Waals surface area contributed by atoms with Crippen LogP contribution in [0.5, 0.6) is 0 Å². The predicted octanol–water partition coefficient (Wildman–Crippen LogP) is 0.899. The van der Waals surface area contributed by atoms with E-state index >= 15 is 0 Å². The highest BCUT2D eigenvalue weighted by Crippen LogP contribution is 2.19. The number of likely N-dealkylation sites (tertiary alicyclic amines) is 1. The van der Waals surface area contributed by atoms with E-state index in [1.807, 2.05) is 0 Å². The van der Waals surface area contributed by atoms with E-state index in [9.17, 15) is 13.2 Å². The zero-order valence-corrected chi connectivity index (χ0v) is 11.4. The smallest absolute Gasteiger partial charge is 0.262 e. The fraction of sp³-hybridized carbons (Fsp3) is 0.417. The Morgan fingerprint density at radius 3 is 2.53 bits per heavy atom. The van der Waals surface area contributed by atoms with Gasteiger partial charge in [0.25, 0.3) is 15.9 Å². The van der Waals surface area contributed by atoms with Gasteiger partial charge in [-0.25, -0.2) is 8.42 Å².